The summed E-state index contributed by atoms with van der Waals surface area (Å²) in [6.45, 7) is 0.225. The molecule has 1 aromatic carbocycles. The molecule has 1 saturated carbocycles. The topological polar surface area (TPSA) is 109 Å². The highest BCUT2D eigenvalue weighted by molar-refractivity contribution is 5.86. The van der Waals surface area contributed by atoms with Gasteiger partial charge in [0.05, 0.1) is 5.97 Å². The van der Waals surface area contributed by atoms with Gasteiger partial charge in [-0.2, -0.15) is 0 Å². The first-order valence-corrected chi connectivity index (χ1v) is 7.28. The van der Waals surface area contributed by atoms with E-state index in [1.54, 1.807) is 12.1 Å². The Bertz CT molecular complexity index is 566. The zero-order valence-corrected chi connectivity index (χ0v) is 12.0. The van der Waals surface area contributed by atoms with E-state index in [0.29, 0.717) is 12.8 Å². The van der Waals surface area contributed by atoms with Gasteiger partial charge in [-0.1, -0.05) is 37.1 Å². The van der Waals surface area contributed by atoms with Crippen LogP contribution in [0.5, 0.6) is 0 Å². The average Bonchev–Trinajstić information content (AvgIpc) is 2.53. The second kappa shape index (κ2) is 7.06. The van der Waals surface area contributed by atoms with Crippen molar-refractivity contribution < 1.29 is 24.6 Å². The Kier molecular flexibility index (Phi) is 5.14. The van der Waals surface area contributed by atoms with Gasteiger partial charge < -0.3 is 25.1 Å². The molecule has 0 saturated heterocycles. The van der Waals surface area contributed by atoms with E-state index >= 15 is 0 Å². The molecule has 0 aliphatic heterocycles. The summed E-state index contributed by atoms with van der Waals surface area (Å²) in [5.41, 5.74) is 0.804. The summed E-state index contributed by atoms with van der Waals surface area (Å²) in [4.78, 5) is 33.9. The van der Waals surface area contributed by atoms with Gasteiger partial charge >= 0.3 is 0 Å². The molecule has 0 heterocycles. The van der Waals surface area contributed by atoms with Gasteiger partial charge in [-0.25, -0.2) is 0 Å². The molecule has 2 atom stereocenters. The predicted octanol–water partition coefficient (Wildman–Crippen LogP) is -0.777. The minimum atomic E-state index is -1.26. The fraction of sp³-hybridized carbons (Fsp3) is 0.438. The Hall–Kier alpha value is -2.37. The summed E-state index contributed by atoms with van der Waals surface area (Å²) in [6.07, 6.45) is 2.66. The molecule has 0 radical (unpaired) electrons. The van der Waals surface area contributed by atoms with Gasteiger partial charge in [0.2, 0.25) is 5.91 Å². The second-order valence-corrected chi connectivity index (χ2v) is 5.52. The number of aliphatic carboxylic acids is 1. The van der Waals surface area contributed by atoms with E-state index in [1.807, 2.05) is 0 Å². The number of carboxylic acid groups (broad SMARTS) is 2. The quantitative estimate of drug-likeness (QED) is 0.767. The molecule has 1 amide bonds. The summed E-state index contributed by atoms with van der Waals surface area (Å²) >= 11 is 0. The van der Waals surface area contributed by atoms with Crippen molar-refractivity contribution in [3.63, 3.8) is 0 Å². The highest BCUT2D eigenvalue weighted by Gasteiger charge is 2.31. The smallest absolute Gasteiger partial charge is 0.224 e. The molecule has 2 rings (SSSR count). The van der Waals surface area contributed by atoms with Crippen LogP contribution in [-0.2, 0) is 16.1 Å². The van der Waals surface area contributed by atoms with Crippen molar-refractivity contribution in [3.8, 4) is 0 Å². The number of amides is 1. The van der Waals surface area contributed by atoms with Crippen LogP contribution < -0.4 is 15.5 Å². The summed E-state index contributed by atoms with van der Waals surface area (Å²) in [5, 5.41) is 24.4. The minimum absolute atomic E-state index is 0.0689. The predicted molar refractivity (Wildman–Crippen MR) is 73.1 cm³/mol. The first-order valence-electron chi connectivity index (χ1n) is 7.28. The Labute approximate surface area is 128 Å². The van der Waals surface area contributed by atoms with Gasteiger partial charge in [0.1, 0.15) is 0 Å². The van der Waals surface area contributed by atoms with Crippen LogP contribution in [0.4, 0.5) is 0 Å². The molecule has 0 bridgehead atoms. The van der Waals surface area contributed by atoms with Gasteiger partial charge in [0.25, 0.3) is 0 Å². The third-order valence-electron chi connectivity index (χ3n) is 4.06. The number of carbonyl (C=O) groups excluding carboxylic acids is 3. The van der Waals surface area contributed by atoms with Gasteiger partial charge in [0.15, 0.2) is 0 Å². The molecule has 0 spiro atoms. The maximum absolute atomic E-state index is 12.2. The van der Waals surface area contributed by atoms with Crippen LogP contribution in [-0.4, -0.2) is 17.8 Å². The Morgan fingerprint density at radius 3 is 2.14 bits per heavy atom. The van der Waals surface area contributed by atoms with Crippen LogP contribution in [0.15, 0.2) is 24.3 Å². The fourth-order valence-corrected chi connectivity index (χ4v) is 2.81. The standard InChI is InChI=1S/C16H19NO5/c18-14(12-3-1-2-4-13(12)16(21)22)17-9-10-5-7-11(8-6-10)15(19)20/h5-8,12-13H,1-4,9H2,(H,17,18)(H,19,20)(H,21,22)/p-2/t12-,13-/m1/s1. The number of hydrogen-bond donors (Lipinski definition) is 1. The number of benzene rings is 1. The van der Waals surface area contributed by atoms with Crippen LogP contribution in [0.3, 0.4) is 0 Å². The Morgan fingerprint density at radius 1 is 1.00 bits per heavy atom. The lowest BCUT2D eigenvalue weighted by Gasteiger charge is -2.31. The fourth-order valence-electron chi connectivity index (χ4n) is 2.81. The third kappa shape index (κ3) is 3.84. The second-order valence-electron chi connectivity index (χ2n) is 5.52. The summed E-state index contributed by atoms with van der Waals surface area (Å²) < 4.78 is 0. The highest BCUT2D eigenvalue weighted by Crippen LogP contribution is 2.29. The first kappa shape index (κ1) is 16.0. The van der Waals surface area contributed by atoms with Crippen molar-refractivity contribution in [1.29, 1.82) is 0 Å². The molecule has 1 aromatic rings. The van der Waals surface area contributed by atoms with Crippen molar-refractivity contribution in [1.82, 2.24) is 5.32 Å². The zero-order valence-electron chi connectivity index (χ0n) is 12.0. The maximum atomic E-state index is 12.2. The lowest BCUT2D eigenvalue weighted by Crippen LogP contribution is -2.44. The third-order valence-corrected chi connectivity index (χ3v) is 4.06. The normalized spacial score (nSPS) is 21.1. The number of rotatable bonds is 5. The molecule has 1 aliphatic carbocycles. The maximum Gasteiger partial charge on any atom is 0.224 e. The lowest BCUT2D eigenvalue weighted by atomic mass is 9.78. The summed E-state index contributed by atoms with van der Waals surface area (Å²) in [5.74, 6) is -4.00. The molecule has 0 unspecified atom stereocenters. The van der Waals surface area contributed by atoms with E-state index in [-0.39, 0.29) is 18.0 Å². The molecule has 0 aromatic heterocycles. The molecule has 22 heavy (non-hydrogen) atoms. The zero-order chi connectivity index (χ0) is 16.1. The van der Waals surface area contributed by atoms with Crippen LogP contribution in [0, 0.1) is 11.8 Å². The first-order chi connectivity index (χ1) is 10.5. The van der Waals surface area contributed by atoms with Gasteiger partial charge in [-0.3, -0.25) is 4.79 Å². The highest BCUT2D eigenvalue weighted by atomic mass is 16.4. The van der Waals surface area contributed by atoms with E-state index in [1.165, 1.54) is 12.1 Å². The lowest BCUT2D eigenvalue weighted by molar-refractivity contribution is -0.314. The number of nitrogens with one attached hydrogen (secondary N) is 1. The molecule has 6 heteroatoms. The van der Waals surface area contributed by atoms with Crippen LogP contribution in [0.25, 0.3) is 0 Å². The van der Waals surface area contributed by atoms with E-state index in [2.05, 4.69) is 5.32 Å². The van der Waals surface area contributed by atoms with Gasteiger partial charge in [0, 0.05) is 24.3 Å². The number of hydrogen-bond acceptors (Lipinski definition) is 5. The van der Waals surface area contributed by atoms with Crippen molar-refractivity contribution >= 4 is 17.8 Å². The Balaban J connectivity index is 1.93. The van der Waals surface area contributed by atoms with Crippen molar-refractivity contribution in [2.45, 2.75) is 32.2 Å². The monoisotopic (exact) mass is 303 g/mol. The van der Waals surface area contributed by atoms with E-state index in [9.17, 15) is 24.6 Å². The van der Waals surface area contributed by atoms with E-state index in [0.717, 1.165) is 18.4 Å². The number of carbonyl (C=O) groups is 3. The molecule has 1 N–H and O–H groups in total. The molecular formula is C16H17NO5-2. The molecule has 1 aliphatic rings. The number of aromatic carboxylic acids is 1. The largest absolute Gasteiger partial charge is 0.550 e. The summed E-state index contributed by atoms with van der Waals surface area (Å²) in [6, 6.07) is 5.98. The van der Waals surface area contributed by atoms with Crippen LogP contribution >= 0.6 is 0 Å². The van der Waals surface area contributed by atoms with E-state index in [4.69, 9.17) is 0 Å². The van der Waals surface area contributed by atoms with Crippen molar-refractivity contribution in [3.05, 3.63) is 35.4 Å². The SMILES string of the molecule is O=C([O-])c1ccc(CNC(=O)[C@@H]2CCCC[C@H]2C(=O)[O-])cc1. The van der Waals surface area contributed by atoms with Crippen LogP contribution in [0.1, 0.15) is 41.6 Å². The number of carboxylic acids is 2. The molecule has 6 nitrogen and oxygen atoms in total. The van der Waals surface area contributed by atoms with Gasteiger partial charge in [-0.15, -0.1) is 0 Å². The summed E-state index contributed by atoms with van der Waals surface area (Å²) in [7, 11) is 0. The molecular weight excluding hydrogens is 286 g/mol. The van der Waals surface area contributed by atoms with Crippen molar-refractivity contribution in [2.24, 2.45) is 11.8 Å². The van der Waals surface area contributed by atoms with Crippen molar-refractivity contribution in [2.75, 3.05) is 0 Å². The molecule has 1 fully saturated rings. The minimum Gasteiger partial charge on any atom is -0.550 e. The average molecular weight is 303 g/mol. The molecule has 118 valence electrons. The van der Waals surface area contributed by atoms with E-state index < -0.39 is 23.8 Å². The van der Waals surface area contributed by atoms with Gasteiger partial charge in [-0.05, 0) is 24.0 Å². The van der Waals surface area contributed by atoms with Crippen LogP contribution in [0.2, 0.25) is 0 Å². The Morgan fingerprint density at radius 2 is 1.59 bits per heavy atom.